The molecule has 0 bridgehead atoms. The molecule has 1 aromatic carbocycles. The normalized spacial score (nSPS) is 11.5. The Morgan fingerprint density at radius 3 is 2.35 bits per heavy atom. The summed E-state index contributed by atoms with van der Waals surface area (Å²) < 4.78 is 27.0. The lowest BCUT2D eigenvalue weighted by Gasteiger charge is -2.13. The van der Waals surface area contributed by atoms with E-state index in [1.165, 1.54) is 0 Å². The first-order valence-electron chi connectivity index (χ1n) is 7.15. The van der Waals surface area contributed by atoms with Gasteiger partial charge in [0.05, 0.1) is 5.69 Å². The molecule has 0 aromatic heterocycles. The molecule has 1 rings (SSSR count). The largest absolute Gasteiger partial charge is 0.383 e. The van der Waals surface area contributed by atoms with Crippen LogP contribution in [0.15, 0.2) is 29.2 Å². The molecule has 0 aliphatic carbocycles. The Kier molecular flexibility index (Phi) is 7.58. The van der Waals surface area contributed by atoms with Crippen LogP contribution >= 0.6 is 0 Å². The molecule has 5 nitrogen and oxygen atoms in total. The van der Waals surface area contributed by atoms with Crippen molar-refractivity contribution in [1.82, 2.24) is 10.0 Å². The Labute approximate surface area is 122 Å². The topological polar surface area (TPSA) is 70.2 Å². The van der Waals surface area contributed by atoms with Crippen molar-refractivity contribution in [3.05, 3.63) is 24.3 Å². The average molecular weight is 299 g/mol. The van der Waals surface area contributed by atoms with Crippen LogP contribution in [-0.4, -0.2) is 34.6 Å². The molecule has 0 amide bonds. The van der Waals surface area contributed by atoms with Crippen molar-refractivity contribution in [2.45, 2.75) is 31.6 Å². The molecule has 0 saturated heterocycles. The fraction of sp³-hybridized carbons (Fsp3) is 0.571. The second-order valence-corrected chi connectivity index (χ2v) is 6.31. The maximum absolute atomic E-state index is 12.2. The van der Waals surface area contributed by atoms with Crippen LogP contribution in [-0.2, 0) is 10.0 Å². The molecule has 0 atom stereocenters. The average Bonchev–Trinajstić information content (AvgIpc) is 2.45. The van der Waals surface area contributed by atoms with Gasteiger partial charge in [-0.15, -0.1) is 0 Å². The van der Waals surface area contributed by atoms with Gasteiger partial charge in [0.25, 0.3) is 0 Å². The van der Waals surface area contributed by atoms with Crippen LogP contribution < -0.4 is 15.4 Å². The Morgan fingerprint density at radius 1 is 0.950 bits per heavy atom. The zero-order chi connectivity index (χ0) is 14.8. The number of nitrogens with one attached hydrogen (secondary N) is 3. The summed E-state index contributed by atoms with van der Waals surface area (Å²) in [7, 11) is -3.43. The number of benzene rings is 1. The van der Waals surface area contributed by atoms with E-state index in [-0.39, 0.29) is 0 Å². The third kappa shape index (κ3) is 5.48. The van der Waals surface area contributed by atoms with Crippen LogP contribution in [0.5, 0.6) is 0 Å². The van der Waals surface area contributed by atoms with Crippen molar-refractivity contribution < 1.29 is 8.42 Å². The van der Waals surface area contributed by atoms with E-state index < -0.39 is 10.0 Å². The van der Waals surface area contributed by atoms with Crippen LogP contribution in [0.25, 0.3) is 0 Å². The van der Waals surface area contributed by atoms with Gasteiger partial charge in [0.2, 0.25) is 10.0 Å². The van der Waals surface area contributed by atoms with Gasteiger partial charge in [-0.3, -0.25) is 0 Å². The summed E-state index contributed by atoms with van der Waals surface area (Å²) in [5.41, 5.74) is 0.648. The minimum Gasteiger partial charge on any atom is -0.383 e. The number of para-hydroxylation sites is 1. The van der Waals surface area contributed by atoms with Crippen LogP contribution in [0.2, 0.25) is 0 Å². The van der Waals surface area contributed by atoms with Crippen LogP contribution in [0.1, 0.15) is 26.7 Å². The number of anilines is 1. The number of rotatable bonds is 10. The first kappa shape index (κ1) is 16.9. The van der Waals surface area contributed by atoms with Crippen molar-refractivity contribution in [3.8, 4) is 0 Å². The lowest BCUT2D eigenvalue weighted by Crippen LogP contribution is -2.27. The van der Waals surface area contributed by atoms with Gasteiger partial charge in [0.15, 0.2) is 0 Å². The van der Waals surface area contributed by atoms with Crippen molar-refractivity contribution in [2.75, 3.05) is 31.5 Å². The Bertz CT molecular complexity index is 489. The molecule has 0 aliphatic rings. The predicted molar refractivity (Wildman–Crippen MR) is 83.6 cm³/mol. The molecule has 3 N–H and O–H groups in total. The summed E-state index contributed by atoms with van der Waals surface area (Å²) in [6.45, 7) is 6.98. The zero-order valence-corrected chi connectivity index (χ0v) is 13.1. The first-order chi connectivity index (χ1) is 9.61. The summed E-state index contributed by atoms with van der Waals surface area (Å²) in [6.07, 6.45) is 1.86. The van der Waals surface area contributed by atoms with E-state index in [2.05, 4.69) is 22.3 Å². The van der Waals surface area contributed by atoms with E-state index in [1.807, 2.05) is 13.0 Å². The molecule has 0 unspecified atom stereocenters. The molecule has 0 spiro atoms. The molecule has 6 heteroatoms. The van der Waals surface area contributed by atoms with Gasteiger partial charge in [-0.1, -0.05) is 26.0 Å². The summed E-state index contributed by atoms with van der Waals surface area (Å²) >= 11 is 0. The Hall–Kier alpha value is -1.11. The Morgan fingerprint density at radius 2 is 1.65 bits per heavy atom. The fourth-order valence-electron chi connectivity index (χ4n) is 1.75. The van der Waals surface area contributed by atoms with E-state index in [0.717, 1.165) is 25.9 Å². The van der Waals surface area contributed by atoms with Crippen LogP contribution in [0, 0.1) is 0 Å². The molecular formula is C14H25N3O2S. The van der Waals surface area contributed by atoms with E-state index in [1.54, 1.807) is 18.2 Å². The van der Waals surface area contributed by atoms with Gasteiger partial charge >= 0.3 is 0 Å². The summed E-state index contributed by atoms with van der Waals surface area (Å²) in [5, 5.41) is 6.44. The molecule has 0 radical (unpaired) electrons. The van der Waals surface area contributed by atoms with Gasteiger partial charge in [-0.05, 0) is 31.5 Å². The van der Waals surface area contributed by atoms with Gasteiger partial charge < -0.3 is 10.6 Å². The molecule has 0 saturated carbocycles. The molecule has 0 aliphatic heterocycles. The van der Waals surface area contributed by atoms with Crippen LogP contribution in [0.4, 0.5) is 5.69 Å². The first-order valence-corrected chi connectivity index (χ1v) is 8.63. The third-order valence-electron chi connectivity index (χ3n) is 2.76. The number of sulfonamides is 1. The third-order valence-corrected chi connectivity index (χ3v) is 4.28. The van der Waals surface area contributed by atoms with Crippen molar-refractivity contribution in [2.24, 2.45) is 0 Å². The minimum absolute atomic E-state index is 0.309. The lowest BCUT2D eigenvalue weighted by atomic mass is 10.3. The zero-order valence-electron chi connectivity index (χ0n) is 12.3. The summed E-state index contributed by atoms with van der Waals surface area (Å²) in [6, 6.07) is 6.99. The molecule has 20 heavy (non-hydrogen) atoms. The van der Waals surface area contributed by atoms with Gasteiger partial charge in [0, 0.05) is 19.6 Å². The van der Waals surface area contributed by atoms with E-state index in [4.69, 9.17) is 0 Å². The highest BCUT2D eigenvalue weighted by molar-refractivity contribution is 7.89. The maximum atomic E-state index is 12.2. The molecular weight excluding hydrogens is 274 g/mol. The second-order valence-electron chi connectivity index (χ2n) is 4.57. The SMILES string of the molecule is CCCNCCNc1ccccc1S(=O)(=O)NCCC. The lowest BCUT2D eigenvalue weighted by molar-refractivity contribution is 0.581. The van der Waals surface area contributed by atoms with E-state index in [9.17, 15) is 8.42 Å². The standard InChI is InChI=1S/C14H25N3O2S/c1-3-9-15-11-12-16-13-7-5-6-8-14(13)20(18,19)17-10-4-2/h5-8,15-17H,3-4,9-12H2,1-2H3. The van der Waals surface area contributed by atoms with E-state index >= 15 is 0 Å². The van der Waals surface area contributed by atoms with Crippen molar-refractivity contribution in [1.29, 1.82) is 0 Å². The molecule has 0 fully saturated rings. The van der Waals surface area contributed by atoms with Crippen molar-refractivity contribution >= 4 is 15.7 Å². The van der Waals surface area contributed by atoms with E-state index in [0.29, 0.717) is 23.7 Å². The van der Waals surface area contributed by atoms with Gasteiger partial charge in [0.1, 0.15) is 4.90 Å². The predicted octanol–water partition coefficient (Wildman–Crippen LogP) is 1.79. The molecule has 0 heterocycles. The fourth-order valence-corrected chi connectivity index (χ4v) is 3.06. The maximum Gasteiger partial charge on any atom is 0.242 e. The Balaban J connectivity index is 2.68. The molecule has 114 valence electrons. The van der Waals surface area contributed by atoms with Crippen LogP contribution in [0.3, 0.4) is 0 Å². The highest BCUT2D eigenvalue weighted by Crippen LogP contribution is 2.20. The highest BCUT2D eigenvalue weighted by Gasteiger charge is 2.16. The van der Waals surface area contributed by atoms with Crippen molar-refractivity contribution in [3.63, 3.8) is 0 Å². The number of hydrogen-bond donors (Lipinski definition) is 3. The monoisotopic (exact) mass is 299 g/mol. The summed E-state index contributed by atoms with van der Waals surface area (Å²) in [5.74, 6) is 0. The van der Waals surface area contributed by atoms with Gasteiger partial charge in [-0.2, -0.15) is 0 Å². The highest BCUT2D eigenvalue weighted by atomic mass is 32.2. The second kappa shape index (κ2) is 8.94. The summed E-state index contributed by atoms with van der Waals surface area (Å²) in [4.78, 5) is 0.309. The quantitative estimate of drug-likeness (QED) is 0.576. The number of hydrogen-bond acceptors (Lipinski definition) is 4. The van der Waals surface area contributed by atoms with Gasteiger partial charge in [-0.25, -0.2) is 13.1 Å². The smallest absolute Gasteiger partial charge is 0.242 e. The minimum atomic E-state index is -3.43. The molecule has 1 aromatic rings.